The minimum atomic E-state index is -0.371. The van der Waals surface area contributed by atoms with Crippen molar-refractivity contribution < 1.29 is 18.4 Å². The van der Waals surface area contributed by atoms with E-state index in [1.807, 2.05) is 0 Å². The number of fused-ring (bicyclic) bond motifs is 2. The van der Waals surface area contributed by atoms with Gasteiger partial charge in [0.1, 0.15) is 0 Å². The van der Waals surface area contributed by atoms with Crippen molar-refractivity contribution in [1.82, 2.24) is 0 Å². The summed E-state index contributed by atoms with van der Waals surface area (Å²) in [6.45, 7) is 0. The molecule has 0 radical (unpaired) electrons. The molecule has 0 atom stereocenters. The summed E-state index contributed by atoms with van der Waals surface area (Å²) in [7, 11) is 0. The molecule has 4 heteroatoms. The fraction of sp³-hybridized carbons (Fsp3) is 0. The number of carbonyl (C=O) groups is 2. The normalized spacial score (nSPS) is 14.0. The molecule has 0 aromatic carbocycles. The molecule has 0 amide bonds. The molecular formula is C10H4O4. The van der Waals surface area contributed by atoms with Crippen molar-refractivity contribution >= 4 is 11.6 Å². The minimum Gasteiger partial charge on any atom is -0.460 e. The van der Waals surface area contributed by atoms with Crippen LogP contribution in [0.25, 0.3) is 0 Å². The zero-order chi connectivity index (χ0) is 9.71. The quantitative estimate of drug-likeness (QED) is 0.538. The van der Waals surface area contributed by atoms with Crippen molar-refractivity contribution in [3.63, 3.8) is 0 Å². The van der Waals surface area contributed by atoms with E-state index in [4.69, 9.17) is 8.83 Å². The molecule has 0 bridgehead atoms. The smallest absolute Gasteiger partial charge is 0.264 e. The molecule has 0 unspecified atom stereocenters. The monoisotopic (exact) mass is 188 g/mol. The third-order valence-corrected chi connectivity index (χ3v) is 2.23. The highest BCUT2D eigenvalue weighted by Gasteiger charge is 2.34. The zero-order valence-electron chi connectivity index (χ0n) is 6.94. The molecule has 1 aliphatic carbocycles. The zero-order valence-corrected chi connectivity index (χ0v) is 6.94. The Morgan fingerprint density at radius 2 is 1.29 bits per heavy atom. The van der Waals surface area contributed by atoms with Gasteiger partial charge < -0.3 is 8.83 Å². The fourth-order valence-electron chi connectivity index (χ4n) is 1.58. The maximum atomic E-state index is 11.7. The lowest BCUT2D eigenvalue weighted by Crippen LogP contribution is -2.16. The molecule has 2 aromatic heterocycles. The Kier molecular flexibility index (Phi) is 1.16. The standard InChI is InChI=1S/C10H4O4/c11-7-5-1-3-13-9(5)8(12)10-6(7)2-4-14-10/h1-4H. The molecule has 0 aliphatic heterocycles. The number of furan rings is 2. The van der Waals surface area contributed by atoms with Gasteiger partial charge in [-0.1, -0.05) is 0 Å². The van der Waals surface area contributed by atoms with Gasteiger partial charge in [-0.25, -0.2) is 0 Å². The molecule has 2 heterocycles. The summed E-state index contributed by atoms with van der Waals surface area (Å²) < 4.78 is 9.87. The van der Waals surface area contributed by atoms with Crippen LogP contribution >= 0.6 is 0 Å². The number of hydrogen-bond acceptors (Lipinski definition) is 4. The van der Waals surface area contributed by atoms with Gasteiger partial charge in [-0.2, -0.15) is 0 Å². The van der Waals surface area contributed by atoms with Crippen LogP contribution in [0, 0.1) is 0 Å². The topological polar surface area (TPSA) is 60.4 Å². The van der Waals surface area contributed by atoms with Crippen molar-refractivity contribution in [2.75, 3.05) is 0 Å². The van der Waals surface area contributed by atoms with E-state index in [0.29, 0.717) is 11.1 Å². The molecule has 0 saturated heterocycles. The molecule has 2 aromatic rings. The van der Waals surface area contributed by atoms with E-state index in [9.17, 15) is 9.59 Å². The van der Waals surface area contributed by atoms with Crippen molar-refractivity contribution in [1.29, 1.82) is 0 Å². The highest BCUT2D eigenvalue weighted by molar-refractivity contribution is 6.26. The summed E-state index contributed by atoms with van der Waals surface area (Å²) in [5.74, 6) is -0.461. The maximum Gasteiger partial charge on any atom is 0.264 e. The Hall–Kier alpha value is -2.10. The van der Waals surface area contributed by atoms with Gasteiger partial charge in [0.2, 0.25) is 5.78 Å². The first-order valence-corrected chi connectivity index (χ1v) is 4.03. The second-order valence-corrected chi connectivity index (χ2v) is 2.99. The van der Waals surface area contributed by atoms with E-state index in [2.05, 4.69) is 0 Å². The summed E-state index contributed by atoms with van der Waals surface area (Å²) in [6.07, 6.45) is 2.65. The molecule has 68 valence electrons. The Morgan fingerprint density at radius 3 is 1.79 bits per heavy atom. The Morgan fingerprint density at radius 1 is 0.786 bits per heavy atom. The highest BCUT2D eigenvalue weighted by Crippen LogP contribution is 2.28. The summed E-state index contributed by atoms with van der Waals surface area (Å²) in [4.78, 5) is 23.3. The van der Waals surface area contributed by atoms with E-state index in [-0.39, 0.29) is 23.1 Å². The lowest BCUT2D eigenvalue weighted by Gasteiger charge is -2.06. The van der Waals surface area contributed by atoms with Crippen molar-refractivity contribution in [2.45, 2.75) is 0 Å². The Balaban J connectivity index is 2.37. The number of hydrogen-bond donors (Lipinski definition) is 0. The van der Waals surface area contributed by atoms with Gasteiger partial charge in [0.15, 0.2) is 11.5 Å². The molecule has 1 aliphatic rings. The first-order chi connectivity index (χ1) is 6.79. The molecule has 0 N–H and O–H groups in total. The maximum absolute atomic E-state index is 11.7. The van der Waals surface area contributed by atoms with Crippen LogP contribution in [-0.4, -0.2) is 11.6 Å². The van der Waals surface area contributed by atoms with Gasteiger partial charge in [0.05, 0.1) is 23.7 Å². The summed E-state index contributed by atoms with van der Waals surface area (Å²) >= 11 is 0. The van der Waals surface area contributed by atoms with Crippen LogP contribution in [0.4, 0.5) is 0 Å². The lowest BCUT2D eigenvalue weighted by molar-refractivity contribution is 0.0939. The van der Waals surface area contributed by atoms with E-state index in [0.717, 1.165) is 0 Å². The van der Waals surface area contributed by atoms with E-state index in [1.165, 1.54) is 24.7 Å². The van der Waals surface area contributed by atoms with Crippen LogP contribution in [0.2, 0.25) is 0 Å². The van der Waals surface area contributed by atoms with E-state index in [1.54, 1.807) is 0 Å². The fourth-order valence-corrected chi connectivity index (χ4v) is 1.58. The van der Waals surface area contributed by atoms with Gasteiger partial charge in [-0.3, -0.25) is 9.59 Å². The van der Waals surface area contributed by atoms with E-state index < -0.39 is 0 Å². The second-order valence-electron chi connectivity index (χ2n) is 2.99. The van der Waals surface area contributed by atoms with E-state index >= 15 is 0 Å². The first kappa shape index (κ1) is 7.32. The number of rotatable bonds is 0. The Bertz CT molecular complexity index is 453. The molecular weight excluding hydrogens is 184 g/mol. The number of ketones is 2. The highest BCUT2D eigenvalue weighted by atomic mass is 16.4. The van der Waals surface area contributed by atoms with Crippen molar-refractivity contribution in [2.24, 2.45) is 0 Å². The second kappa shape index (κ2) is 2.23. The van der Waals surface area contributed by atoms with Crippen LogP contribution in [-0.2, 0) is 0 Å². The van der Waals surface area contributed by atoms with Crippen molar-refractivity contribution in [3.8, 4) is 0 Å². The third kappa shape index (κ3) is 0.682. The first-order valence-electron chi connectivity index (χ1n) is 4.03. The van der Waals surface area contributed by atoms with Gasteiger partial charge in [0, 0.05) is 0 Å². The predicted octanol–water partition coefficient (Wildman–Crippen LogP) is 1.65. The predicted molar refractivity (Wildman–Crippen MR) is 44.3 cm³/mol. The Labute approximate surface area is 78.1 Å². The van der Waals surface area contributed by atoms with Crippen LogP contribution in [0.15, 0.2) is 33.5 Å². The van der Waals surface area contributed by atoms with Gasteiger partial charge in [-0.05, 0) is 12.1 Å². The lowest BCUT2D eigenvalue weighted by atomic mass is 9.95. The third-order valence-electron chi connectivity index (χ3n) is 2.23. The molecule has 0 spiro atoms. The van der Waals surface area contributed by atoms with Gasteiger partial charge in [0.25, 0.3) is 5.78 Å². The average molecular weight is 188 g/mol. The minimum absolute atomic E-state index is 0.0671. The summed E-state index contributed by atoms with van der Waals surface area (Å²) in [6, 6.07) is 2.98. The SMILES string of the molecule is O=C1c2ccoc2C(=O)c2occc21. The summed E-state index contributed by atoms with van der Waals surface area (Å²) in [5.41, 5.74) is 0.618. The largest absolute Gasteiger partial charge is 0.460 e. The van der Waals surface area contributed by atoms with Gasteiger partial charge >= 0.3 is 0 Å². The van der Waals surface area contributed by atoms with Crippen molar-refractivity contribution in [3.05, 3.63) is 47.3 Å². The molecule has 4 nitrogen and oxygen atoms in total. The molecule has 0 saturated carbocycles. The molecule has 3 rings (SSSR count). The van der Waals surface area contributed by atoms with Crippen LogP contribution in [0.3, 0.4) is 0 Å². The number of carbonyl (C=O) groups excluding carboxylic acids is 2. The summed E-state index contributed by atoms with van der Waals surface area (Å²) in [5, 5.41) is 0. The van der Waals surface area contributed by atoms with Crippen LogP contribution in [0.5, 0.6) is 0 Å². The van der Waals surface area contributed by atoms with Gasteiger partial charge in [-0.15, -0.1) is 0 Å². The molecule has 0 fully saturated rings. The average Bonchev–Trinajstić information content (AvgIpc) is 2.82. The molecule has 14 heavy (non-hydrogen) atoms. The van der Waals surface area contributed by atoms with Crippen LogP contribution in [0.1, 0.15) is 32.2 Å². The van der Waals surface area contributed by atoms with Crippen LogP contribution < -0.4 is 0 Å².